The van der Waals surface area contributed by atoms with E-state index in [0.29, 0.717) is 0 Å². The molecular weight excluding hydrogens is 262 g/mol. The maximum Gasteiger partial charge on any atom is 0.0404 e. The van der Waals surface area contributed by atoms with E-state index in [1.54, 1.807) is 0 Å². The van der Waals surface area contributed by atoms with Crippen molar-refractivity contribution in [3.63, 3.8) is 0 Å². The molecule has 0 saturated heterocycles. The topological polar surface area (TPSA) is 3.24 Å². The van der Waals surface area contributed by atoms with Gasteiger partial charge in [0.05, 0.1) is 0 Å². The molecule has 0 amide bonds. The summed E-state index contributed by atoms with van der Waals surface area (Å²) in [5, 5.41) is 0.927. The Bertz CT molecular complexity index is 334. The van der Waals surface area contributed by atoms with Gasteiger partial charge in [-0.15, -0.1) is 0 Å². The summed E-state index contributed by atoms with van der Waals surface area (Å²) in [6, 6.07) is 6.68. The summed E-state index contributed by atoms with van der Waals surface area (Å²) in [5.41, 5.74) is 4.06. The van der Waals surface area contributed by atoms with Crippen molar-refractivity contribution in [1.82, 2.24) is 0 Å². The Morgan fingerprint density at radius 1 is 1.31 bits per heavy atom. The predicted octanol–water partition coefficient (Wildman–Crippen LogP) is 4.37. The number of aryl methyl sites for hydroxylation is 1. The van der Waals surface area contributed by atoms with E-state index in [2.05, 4.69) is 66.8 Å². The first-order valence-corrected chi connectivity index (χ1v) is 7.03. The van der Waals surface area contributed by atoms with Gasteiger partial charge < -0.3 is 4.90 Å². The van der Waals surface area contributed by atoms with E-state index >= 15 is 0 Å². The zero-order chi connectivity index (χ0) is 12.1. The van der Waals surface area contributed by atoms with E-state index in [9.17, 15) is 0 Å². The summed E-state index contributed by atoms with van der Waals surface area (Å²) >= 11 is 3.56. The summed E-state index contributed by atoms with van der Waals surface area (Å²) in [6.45, 7) is 7.81. The molecule has 0 bridgehead atoms. The molecule has 0 saturated carbocycles. The molecular formula is C14H22BrN. The summed E-state index contributed by atoms with van der Waals surface area (Å²) in [5.74, 6) is 0.764. The summed E-state index contributed by atoms with van der Waals surface area (Å²) in [7, 11) is 2.18. The van der Waals surface area contributed by atoms with Gasteiger partial charge in [-0.25, -0.2) is 0 Å². The molecule has 0 radical (unpaired) electrons. The average molecular weight is 284 g/mol. The Morgan fingerprint density at radius 2 is 2.00 bits per heavy atom. The van der Waals surface area contributed by atoms with Gasteiger partial charge in [-0.3, -0.25) is 0 Å². The summed E-state index contributed by atoms with van der Waals surface area (Å²) in [4.78, 5) is 2.36. The second kappa shape index (κ2) is 6.29. The van der Waals surface area contributed by atoms with E-state index in [1.807, 2.05) is 0 Å². The lowest BCUT2D eigenvalue weighted by Crippen LogP contribution is -2.21. The standard InChI is InChI=1S/C14H22BrN/c1-11(2)7-8-16(4)14-6-5-12(3)9-13(14)10-15/h5-6,9,11H,7-8,10H2,1-4H3. The van der Waals surface area contributed by atoms with Crippen molar-refractivity contribution in [2.75, 3.05) is 18.5 Å². The number of alkyl halides is 1. The zero-order valence-electron chi connectivity index (χ0n) is 10.8. The Morgan fingerprint density at radius 3 is 2.56 bits per heavy atom. The van der Waals surface area contributed by atoms with Crippen molar-refractivity contribution in [2.24, 2.45) is 5.92 Å². The molecule has 16 heavy (non-hydrogen) atoms. The first-order valence-electron chi connectivity index (χ1n) is 5.91. The normalized spacial score (nSPS) is 10.9. The van der Waals surface area contributed by atoms with Crippen LogP contribution in [0.25, 0.3) is 0 Å². The molecule has 1 aromatic carbocycles. The number of anilines is 1. The Balaban J connectivity index is 2.77. The lowest BCUT2D eigenvalue weighted by atomic mass is 10.1. The number of hydrogen-bond acceptors (Lipinski definition) is 1. The van der Waals surface area contributed by atoms with E-state index < -0.39 is 0 Å². The molecule has 0 aliphatic rings. The second-order valence-corrected chi connectivity index (χ2v) is 5.43. The molecule has 1 rings (SSSR count). The van der Waals surface area contributed by atoms with Crippen molar-refractivity contribution in [3.8, 4) is 0 Å². The van der Waals surface area contributed by atoms with Gasteiger partial charge in [0.25, 0.3) is 0 Å². The number of nitrogens with zero attached hydrogens (tertiary/aromatic N) is 1. The number of halogens is 1. The fourth-order valence-electron chi connectivity index (χ4n) is 1.77. The maximum atomic E-state index is 3.56. The highest BCUT2D eigenvalue weighted by atomic mass is 79.9. The van der Waals surface area contributed by atoms with Gasteiger partial charge in [-0.2, -0.15) is 0 Å². The van der Waals surface area contributed by atoms with Crippen LogP contribution in [-0.4, -0.2) is 13.6 Å². The third-order valence-electron chi connectivity index (χ3n) is 2.83. The minimum Gasteiger partial charge on any atom is -0.374 e. The van der Waals surface area contributed by atoms with Crippen LogP contribution < -0.4 is 4.90 Å². The predicted molar refractivity (Wildman–Crippen MR) is 76.5 cm³/mol. The van der Waals surface area contributed by atoms with Gasteiger partial charge in [0.1, 0.15) is 0 Å². The highest BCUT2D eigenvalue weighted by Crippen LogP contribution is 2.23. The highest BCUT2D eigenvalue weighted by molar-refractivity contribution is 9.08. The minimum absolute atomic E-state index is 0.764. The van der Waals surface area contributed by atoms with Crippen LogP contribution in [0.2, 0.25) is 0 Å². The Labute approximate surface area is 108 Å². The second-order valence-electron chi connectivity index (χ2n) is 4.87. The van der Waals surface area contributed by atoms with Crippen LogP contribution in [0.15, 0.2) is 18.2 Å². The fraction of sp³-hybridized carbons (Fsp3) is 0.571. The average Bonchev–Trinajstić information content (AvgIpc) is 2.25. The third-order valence-corrected chi connectivity index (χ3v) is 3.44. The molecule has 0 N–H and O–H groups in total. The molecule has 0 spiro atoms. The minimum atomic E-state index is 0.764. The Kier molecular flexibility index (Phi) is 5.33. The first kappa shape index (κ1) is 13.6. The number of benzene rings is 1. The monoisotopic (exact) mass is 283 g/mol. The van der Waals surface area contributed by atoms with E-state index in [4.69, 9.17) is 0 Å². The SMILES string of the molecule is Cc1ccc(N(C)CCC(C)C)c(CBr)c1. The molecule has 1 nitrogen and oxygen atoms in total. The lowest BCUT2D eigenvalue weighted by Gasteiger charge is -2.23. The molecule has 2 heteroatoms. The van der Waals surface area contributed by atoms with Crippen molar-refractivity contribution in [3.05, 3.63) is 29.3 Å². The smallest absolute Gasteiger partial charge is 0.0404 e. The molecule has 0 heterocycles. The van der Waals surface area contributed by atoms with Crippen molar-refractivity contribution >= 4 is 21.6 Å². The van der Waals surface area contributed by atoms with Gasteiger partial charge in [0, 0.05) is 24.6 Å². The van der Waals surface area contributed by atoms with Crippen LogP contribution in [0, 0.1) is 12.8 Å². The van der Waals surface area contributed by atoms with E-state index in [1.165, 1.54) is 23.2 Å². The first-order chi connectivity index (χ1) is 7.54. The van der Waals surface area contributed by atoms with Gasteiger partial charge in [-0.05, 0) is 30.9 Å². The van der Waals surface area contributed by atoms with E-state index in [-0.39, 0.29) is 0 Å². The molecule has 0 fully saturated rings. The molecule has 0 atom stereocenters. The fourth-order valence-corrected chi connectivity index (χ4v) is 2.22. The number of hydrogen-bond donors (Lipinski definition) is 0. The van der Waals surface area contributed by atoms with Crippen molar-refractivity contribution in [1.29, 1.82) is 0 Å². The van der Waals surface area contributed by atoms with Crippen molar-refractivity contribution < 1.29 is 0 Å². The van der Waals surface area contributed by atoms with Crippen LogP contribution in [0.3, 0.4) is 0 Å². The highest BCUT2D eigenvalue weighted by Gasteiger charge is 2.07. The summed E-state index contributed by atoms with van der Waals surface area (Å²) in [6.07, 6.45) is 1.24. The quantitative estimate of drug-likeness (QED) is 0.726. The van der Waals surface area contributed by atoms with E-state index in [0.717, 1.165) is 17.8 Å². The van der Waals surface area contributed by atoms with Crippen LogP contribution in [-0.2, 0) is 5.33 Å². The van der Waals surface area contributed by atoms with Crippen LogP contribution in [0.5, 0.6) is 0 Å². The zero-order valence-corrected chi connectivity index (χ0v) is 12.3. The molecule has 0 aromatic heterocycles. The molecule has 0 aliphatic heterocycles. The van der Waals surface area contributed by atoms with Crippen LogP contribution in [0.1, 0.15) is 31.4 Å². The van der Waals surface area contributed by atoms with Crippen LogP contribution in [0.4, 0.5) is 5.69 Å². The van der Waals surface area contributed by atoms with Crippen LogP contribution >= 0.6 is 15.9 Å². The molecule has 1 aromatic rings. The largest absolute Gasteiger partial charge is 0.374 e. The van der Waals surface area contributed by atoms with Gasteiger partial charge in [0.2, 0.25) is 0 Å². The van der Waals surface area contributed by atoms with Gasteiger partial charge >= 0.3 is 0 Å². The maximum absolute atomic E-state index is 3.56. The molecule has 90 valence electrons. The number of rotatable bonds is 5. The molecule has 0 aliphatic carbocycles. The lowest BCUT2D eigenvalue weighted by molar-refractivity contribution is 0.585. The summed E-state index contributed by atoms with van der Waals surface area (Å²) < 4.78 is 0. The van der Waals surface area contributed by atoms with Gasteiger partial charge in [-0.1, -0.05) is 47.5 Å². The Hall–Kier alpha value is -0.500. The third kappa shape index (κ3) is 3.82. The van der Waals surface area contributed by atoms with Crippen molar-refractivity contribution in [2.45, 2.75) is 32.5 Å². The molecule has 0 unspecified atom stereocenters. The van der Waals surface area contributed by atoms with Gasteiger partial charge in [0.15, 0.2) is 0 Å².